The van der Waals surface area contributed by atoms with Gasteiger partial charge in [0.2, 0.25) is 0 Å². The van der Waals surface area contributed by atoms with Crippen LogP contribution >= 0.6 is 0 Å². The predicted molar refractivity (Wildman–Crippen MR) is 109 cm³/mol. The van der Waals surface area contributed by atoms with E-state index in [1.807, 2.05) is 31.3 Å². The van der Waals surface area contributed by atoms with Crippen molar-refractivity contribution in [3.63, 3.8) is 0 Å². The van der Waals surface area contributed by atoms with E-state index in [1.54, 1.807) is 0 Å². The molecule has 0 atom stereocenters. The molecule has 1 aliphatic heterocycles. The van der Waals surface area contributed by atoms with Crippen molar-refractivity contribution in [3.05, 3.63) is 76.5 Å². The molecule has 1 N–H and O–H groups in total. The molecule has 0 radical (unpaired) electrons. The van der Waals surface area contributed by atoms with Crippen molar-refractivity contribution in [2.45, 2.75) is 19.9 Å². The fraction of sp³-hybridized carbons (Fsp3) is 0.217. The standard InChI is InChI=1S/C23H22N2O2/c1-3-15-8-10-16(11-9-15)12-17-13-25(2)14-19-21(23(26)27)18-6-4-5-7-20(18)24-22(17)19/h4-12H,3,13-14H2,1-2H3,(H,26,27)/b17-12-. The summed E-state index contributed by atoms with van der Waals surface area (Å²) in [5.74, 6) is -0.896. The van der Waals surface area contributed by atoms with Gasteiger partial charge < -0.3 is 5.11 Å². The van der Waals surface area contributed by atoms with E-state index in [4.69, 9.17) is 4.98 Å². The summed E-state index contributed by atoms with van der Waals surface area (Å²) in [5.41, 5.74) is 6.16. The maximum Gasteiger partial charge on any atom is 0.336 e. The third-order valence-corrected chi connectivity index (χ3v) is 5.11. The summed E-state index contributed by atoms with van der Waals surface area (Å²) in [5, 5.41) is 10.6. The Balaban J connectivity index is 1.93. The smallest absolute Gasteiger partial charge is 0.336 e. The second kappa shape index (κ2) is 6.97. The second-order valence-corrected chi connectivity index (χ2v) is 7.07. The highest BCUT2D eigenvalue weighted by Gasteiger charge is 2.26. The molecular weight excluding hydrogens is 336 g/mol. The first-order valence-electron chi connectivity index (χ1n) is 9.20. The van der Waals surface area contributed by atoms with Gasteiger partial charge in [-0.2, -0.15) is 0 Å². The van der Waals surface area contributed by atoms with Gasteiger partial charge in [-0.25, -0.2) is 9.78 Å². The fourth-order valence-corrected chi connectivity index (χ4v) is 3.77. The van der Waals surface area contributed by atoms with Crippen molar-refractivity contribution < 1.29 is 9.90 Å². The lowest BCUT2D eigenvalue weighted by atomic mass is 9.92. The Morgan fingerprint density at radius 2 is 1.89 bits per heavy atom. The highest BCUT2D eigenvalue weighted by molar-refractivity contribution is 6.05. The number of para-hydroxylation sites is 1. The second-order valence-electron chi connectivity index (χ2n) is 7.07. The molecule has 4 heteroatoms. The molecule has 1 aliphatic rings. The molecule has 0 saturated carbocycles. The van der Waals surface area contributed by atoms with Crippen LogP contribution in [-0.2, 0) is 13.0 Å². The van der Waals surface area contributed by atoms with E-state index in [-0.39, 0.29) is 0 Å². The number of aromatic nitrogens is 1. The Bertz CT molecular complexity index is 1050. The molecule has 0 fully saturated rings. The Hall–Kier alpha value is -2.98. The number of rotatable bonds is 3. The largest absolute Gasteiger partial charge is 0.478 e. The van der Waals surface area contributed by atoms with Crippen LogP contribution in [0, 0.1) is 0 Å². The minimum atomic E-state index is -0.896. The number of carboxylic acid groups (broad SMARTS) is 1. The fourth-order valence-electron chi connectivity index (χ4n) is 3.77. The minimum Gasteiger partial charge on any atom is -0.478 e. The minimum absolute atomic E-state index is 0.370. The first-order chi connectivity index (χ1) is 13.1. The van der Waals surface area contributed by atoms with Crippen LogP contribution in [0.4, 0.5) is 0 Å². The van der Waals surface area contributed by atoms with Crippen LogP contribution in [0.25, 0.3) is 22.6 Å². The maximum absolute atomic E-state index is 12.1. The zero-order valence-corrected chi connectivity index (χ0v) is 15.6. The molecule has 0 amide bonds. The topological polar surface area (TPSA) is 53.4 Å². The number of hydrogen-bond donors (Lipinski definition) is 1. The third kappa shape index (κ3) is 3.24. The number of pyridine rings is 1. The van der Waals surface area contributed by atoms with Gasteiger partial charge in [0, 0.05) is 24.0 Å². The number of likely N-dealkylation sites (N-methyl/N-ethyl adjacent to an activating group) is 1. The van der Waals surface area contributed by atoms with Gasteiger partial charge in [-0.1, -0.05) is 49.4 Å². The van der Waals surface area contributed by atoms with Gasteiger partial charge in [0.05, 0.1) is 16.8 Å². The molecule has 2 aromatic carbocycles. The molecule has 0 unspecified atom stereocenters. The summed E-state index contributed by atoms with van der Waals surface area (Å²) < 4.78 is 0. The number of carboxylic acids is 1. The average molecular weight is 358 g/mol. The molecule has 0 saturated heterocycles. The summed E-state index contributed by atoms with van der Waals surface area (Å²) in [6, 6.07) is 16.0. The van der Waals surface area contributed by atoms with Gasteiger partial charge in [0.15, 0.2) is 0 Å². The van der Waals surface area contributed by atoms with Crippen molar-refractivity contribution in [2.24, 2.45) is 0 Å². The molecule has 4 nitrogen and oxygen atoms in total. The van der Waals surface area contributed by atoms with E-state index < -0.39 is 5.97 Å². The molecule has 0 aliphatic carbocycles. The van der Waals surface area contributed by atoms with Gasteiger partial charge in [-0.3, -0.25) is 4.90 Å². The number of aryl methyl sites for hydroxylation is 1. The van der Waals surface area contributed by atoms with E-state index in [0.29, 0.717) is 17.5 Å². The van der Waals surface area contributed by atoms with Gasteiger partial charge >= 0.3 is 5.97 Å². The number of benzene rings is 2. The van der Waals surface area contributed by atoms with Gasteiger partial charge in [0.25, 0.3) is 0 Å². The zero-order valence-electron chi connectivity index (χ0n) is 15.6. The highest BCUT2D eigenvalue weighted by atomic mass is 16.4. The zero-order chi connectivity index (χ0) is 19.0. The number of fused-ring (bicyclic) bond motifs is 2. The Morgan fingerprint density at radius 3 is 2.59 bits per heavy atom. The lowest BCUT2D eigenvalue weighted by Gasteiger charge is -2.28. The molecule has 27 heavy (non-hydrogen) atoms. The summed E-state index contributed by atoms with van der Waals surface area (Å²) in [6.45, 7) is 3.47. The van der Waals surface area contributed by atoms with Gasteiger partial charge in [0.1, 0.15) is 0 Å². The van der Waals surface area contributed by atoms with Gasteiger partial charge in [-0.15, -0.1) is 0 Å². The van der Waals surface area contributed by atoms with E-state index in [0.717, 1.165) is 40.9 Å². The average Bonchev–Trinajstić information content (AvgIpc) is 2.66. The van der Waals surface area contributed by atoms with E-state index >= 15 is 0 Å². The molecule has 0 spiro atoms. The summed E-state index contributed by atoms with van der Waals surface area (Å²) in [6.07, 6.45) is 3.14. The predicted octanol–water partition coefficient (Wildman–Crippen LogP) is 4.48. The number of aromatic carboxylic acids is 1. The van der Waals surface area contributed by atoms with Crippen LogP contribution in [-0.4, -0.2) is 34.6 Å². The van der Waals surface area contributed by atoms with E-state index in [9.17, 15) is 9.90 Å². The van der Waals surface area contributed by atoms with Gasteiger partial charge in [-0.05, 0) is 42.3 Å². The number of carbonyl (C=O) groups is 1. The molecular formula is C23H22N2O2. The molecule has 3 aromatic rings. The monoisotopic (exact) mass is 358 g/mol. The van der Waals surface area contributed by atoms with E-state index in [1.165, 1.54) is 5.56 Å². The first-order valence-corrected chi connectivity index (χ1v) is 9.20. The maximum atomic E-state index is 12.1. The third-order valence-electron chi connectivity index (χ3n) is 5.11. The first kappa shape index (κ1) is 17.4. The Labute approximate surface area is 158 Å². The van der Waals surface area contributed by atoms with Crippen LogP contribution in [0.1, 0.15) is 39.7 Å². The summed E-state index contributed by atoms with van der Waals surface area (Å²) >= 11 is 0. The number of nitrogens with zero attached hydrogens (tertiary/aromatic N) is 2. The van der Waals surface area contributed by atoms with Crippen LogP contribution in [0.5, 0.6) is 0 Å². The molecule has 4 rings (SSSR count). The SMILES string of the molecule is CCc1ccc(/C=C2/CN(C)Cc3c2nc2ccccc2c3C(=O)O)cc1. The van der Waals surface area contributed by atoms with Crippen LogP contribution in [0.15, 0.2) is 48.5 Å². The van der Waals surface area contributed by atoms with Crippen molar-refractivity contribution in [1.29, 1.82) is 0 Å². The van der Waals surface area contributed by atoms with E-state index in [2.05, 4.69) is 42.2 Å². The normalized spacial score (nSPS) is 15.9. The molecule has 136 valence electrons. The summed E-state index contributed by atoms with van der Waals surface area (Å²) in [4.78, 5) is 19.0. The van der Waals surface area contributed by atoms with Crippen molar-refractivity contribution in [3.8, 4) is 0 Å². The Kier molecular flexibility index (Phi) is 4.50. The quantitative estimate of drug-likeness (QED) is 0.750. The molecule has 0 bridgehead atoms. The Morgan fingerprint density at radius 1 is 1.15 bits per heavy atom. The molecule has 2 heterocycles. The van der Waals surface area contributed by atoms with Crippen molar-refractivity contribution in [1.82, 2.24) is 9.88 Å². The van der Waals surface area contributed by atoms with Crippen LogP contribution in [0.2, 0.25) is 0 Å². The van der Waals surface area contributed by atoms with Crippen LogP contribution in [0.3, 0.4) is 0 Å². The molecule has 1 aromatic heterocycles. The number of hydrogen-bond acceptors (Lipinski definition) is 3. The van der Waals surface area contributed by atoms with Crippen molar-refractivity contribution >= 4 is 28.5 Å². The highest BCUT2D eigenvalue weighted by Crippen LogP contribution is 2.33. The lowest BCUT2D eigenvalue weighted by Crippen LogP contribution is -2.28. The van der Waals surface area contributed by atoms with Crippen LogP contribution < -0.4 is 0 Å². The summed E-state index contributed by atoms with van der Waals surface area (Å²) in [7, 11) is 2.01. The van der Waals surface area contributed by atoms with Crippen molar-refractivity contribution in [2.75, 3.05) is 13.6 Å². The lowest BCUT2D eigenvalue weighted by molar-refractivity contribution is 0.0696.